The van der Waals surface area contributed by atoms with E-state index in [4.69, 9.17) is 4.74 Å². The number of nitro groups is 1. The molecule has 0 amide bonds. The fraction of sp³-hybridized carbons (Fsp3) is 0.0588. The Morgan fingerprint density at radius 1 is 1.08 bits per heavy atom. The molecule has 0 unspecified atom stereocenters. The van der Waals surface area contributed by atoms with E-state index in [1.165, 1.54) is 30.3 Å². The number of ether oxygens (including phenoxy) is 1. The predicted octanol–water partition coefficient (Wildman–Crippen LogP) is 3.80. The van der Waals surface area contributed by atoms with Gasteiger partial charge in [-0.15, -0.1) is 0 Å². The molecular formula is C17H12BrNO5. The van der Waals surface area contributed by atoms with E-state index in [0.29, 0.717) is 11.1 Å². The summed E-state index contributed by atoms with van der Waals surface area (Å²) in [5.74, 6) is -0.974. The van der Waals surface area contributed by atoms with E-state index in [0.717, 1.165) is 10.5 Å². The van der Waals surface area contributed by atoms with Gasteiger partial charge in [0.2, 0.25) is 0 Å². The Bertz CT molecular complexity index is 782. The smallest absolute Gasteiger partial charge is 0.331 e. The molecule has 122 valence electrons. The maximum atomic E-state index is 11.9. The maximum Gasteiger partial charge on any atom is 0.331 e. The molecule has 0 saturated heterocycles. The minimum absolute atomic E-state index is 0.0326. The van der Waals surface area contributed by atoms with Gasteiger partial charge in [-0.1, -0.05) is 28.1 Å². The van der Waals surface area contributed by atoms with Crippen molar-refractivity contribution in [1.29, 1.82) is 0 Å². The normalized spacial score (nSPS) is 10.5. The van der Waals surface area contributed by atoms with Gasteiger partial charge in [-0.3, -0.25) is 14.9 Å². The summed E-state index contributed by atoms with van der Waals surface area (Å²) in [6.07, 6.45) is 2.62. The minimum atomic E-state index is -0.668. The highest BCUT2D eigenvalue weighted by Crippen LogP contribution is 2.13. The third-order valence-corrected chi connectivity index (χ3v) is 3.56. The number of nitrogens with zero attached hydrogens (tertiary/aromatic N) is 1. The van der Waals surface area contributed by atoms with Gasteiger partial charge in [0.15, 0.2) is 12.4 Å². The van der Waals surface area contributed by atoms with Crippen LogP contribution < -0.4 is 0 Å². The van der Waals surface area contributed by atoms with Crippen molar-refractivity contribution in [3.63, 3.8) is 0 Å². The third-order valence-electron chi connectivity index (χ3n) is 3.03. The van der Waals surface area contributed by atoms with Crippen molar-refractivity contribution in [2.75, 3.05) is 6.61 Å². The van der Waals surface area contributed by atoms with E-state index in [1.807, 2.05) is 0 Å². The van der Waals surface area contributed by atoms with E-state index in [1.54, 1.807) is 24.3 Å². The molecule has 0 heterocycles. The second kappa shape index (κ2) is 8.16. The second-order valence-electron chi connectivity index (χ2n) is 4.72. The summed E-state index contributed by atoms with van der Waals surface area (Å²) in [6.45, 7) is -0.356. The van der Waals surface area contributed by atoms with E-state index < -0.39 is 10.9 Å². The number of rotatable bonds is 6. The van der Waals surface area contributed by atoms with Crippen LogP contribution in [0, 0.1) is 10.1 Å². The van der Waals surface area contributed by atoms with Gasteiger partial charge in [0.05, 0.1) is 4.92 Å². The number of ketones is 1. The highest BCUT2D eigenvalue weighted by molar-refractivity contribution is 9.10. The molecule has 2 aromatic carbocycles. The van der Waals surface area contributed by atoms with Crippen LogP contribution >= 0.6 is 15.9 Å². The van der Waals surface area contributed by atoms with Crippen LogP contribution in [0.2, 0.25) is 0 Å². The minimum Gasteiger partial charge on any atom is -0.454 e. The summed E-state index contributed by atoms with van der Waals surface area (Å²) in [7, 11) is 0. The van der Waals surface area contributed by atoms with Crippen LogP contribution in [0.4, 0.5) is 5.69 Å². The highest BCUT2D eigenvalue weighted by atomic mass is 79.9. The lowest BCUT2D eigenvalue weighted by atomic mass is 10.1. The van der Waals surface area contributed by atoms with E-state index in [2.05, 4.69) is 15.9 Å². The van der Waals surface area contributed by atoms with E-state index >= 15 is 0 Å². The molecule has 0 radical (unpaired) electrons. The molecule has 0 aliphatic rings. The Balaban J connectivity index is 1.87. The van der Waals surface area contributed by atoms with Crippen LogP contribution in [0.25, 0.3) is 6.08 Å². The van der Waals surface area contributed by atoms with Crippen molar-refractivity contribution < 1.29 is 19.2 Å². The van der Waals surface area contributed by atoms with Crippen molar-refractivity contribution in [1.82, 2.24) is 0 Å². The van der Waals surface area contributed by atoms with Gasteiger partial charge in [0.25, 0.3) is 5.69 Å². The van der Waals surface area contributed by atoms with E-state index in [9.17, 15) is 19.7 Å². The monoisotopic (exact) mass is 389 g/mol. The first kappa shape index (κ1) is 17.6. The number of nitro benzene ring substituents is 1. The van der Waals surface area contributed by atoms with Gasteiger partial charge in [-0.2, -0.15) is 0 Å². The number of carbonyl (C=O) groups is 2. The summed E-state index contributed by atoms with van der Waals surface area (Å²) in [6, 6.07) is 12.4. The molecule has 24 heavy (non-hydrogen) atoms. The zero-order chi connectivity index (χ0) is 17.5. The average Bonchev–Trinajstić information content (AvgIpc) is 2.58. The topological polar surface area (TPSA) is 86.5 Å². The molecule has 0 aliphatic heterocycles. The van der Waals surface area contributed by atoms with E-state index in [-0.39, 0.29) is 18.1 Å². The van der Waals surface area contributed by atoms with Gasteiger partial charge in [0.1, 0.15) is 0 Å². The van der Waals surface area contributed by atoms with Crippen LogP contribution in [-0.2, 0) is 9.53 Å². The second-order valence-corrected chi connectivity index (χ2v) is 5.64. The predicted molar refractivity (Wildman–Crippen MR) is 91.6 cm³/mol. The number of hydrogen-bond acceptors (Lipinski definition) is 5. The van der Waals surface area contributed by atoms with Crippen molar-refractivity contribution in [3.8, 4) is 0 Å². The van der Waals surface area contributed by atoms with Crippen LogP contribution in [0.3, 0.4) is 0 Å². The molecule has 0 N–H and O–H groups in total. The third kappa shape index (κ3) is 5.13. The quantitative estimate of drug-likeness (QED) is 0.246. The van der Waals surface area contributed by atoms with Crippen LogP contribution in [-0.4, -0.2) is 23.3 Å². The standard InChI is InChI=1S/C17H12BrNO5/c18-14-6-4-13(5-7-14)16(20)11-24-17(21)10-3-12-1-8-15(9-2-12)19(22)23/h1-10H,11H2. The fourth-order valence-corrected chi connectivity index (χ4v) is 2.04. The molecule has 7 heteroatoms. The van der Waals surface area contributed by atoms with Gasteiger partial charge in [0, 0.05) is 28.2 Å². The first-order chi connectivity index (χ1) is 11.5. The maximum absolute atomic E-state index is 11.9. The Hall–Kier alpha value is -2.80. The average molecular weight is 390 g/mol. The van der Waals surface area contributed by atoms with Crippen molar-refractivity contribution in [3.05, 3.63) is 80.3 Å². The van der Waals surface area contributed by atoms with Gasteiger partial charge in [-0.05, 0) is 35.9 Å². The summed E-state index contributed by atoms with van der Waals surface area (Å²) >= 11 is 3.27. The summed E-state index contributed by atoms with van der Waals surface area (Å²) < 4.78 is 5.73. The molecule has 0 saturated carbocycles. The van der Waals surface area contributed by atoms with Crippen molar-refractivity contribution in [2.45, 2.75) is 0 Å². The Labute approximate surface area is 146 Å². The molecule has 0 spiro atoms. The molecule has 6 nitrogen and oxygen atoms in total. The lowest BCUT2D eigenvalue weighted by Crippen LogP contribution is -2.12. The molecule has 0 fully saturated rings. The fourth-order valence-electron chi connectivity index (χ4n) is 1.78. The summed E-state index contributed by atoms with van der Waals surface area (Å²) in [5, 5.41) is 10.5. The van der Waals surface area contributed by atoms with Crippen LogP contribution in [0.1, 0.15) is 15.9 Å². The molecule has 0 aromatic heterocycles. The van der Waals surface area contributed by atoms with Crippen LogP contribution in [0.15, 0.2) is 59.1 Å². The van der Waals surface area contributed by atoms with Crippen molar-refractivity contribution >= 4 is 39.4 Å². The number of carbonyl (C=O) groups excluding carboxylic acids is 2. The van der Waals surface area contributed by atoms with Gasteiger partial charge in [-0.25, -0.2) is 4.79 Å². The summed E-state index contributed by atoms with van der Waals surface area (Å²) in [5.41, 5.74) is 1.02. The first-order valence-corrected chi connectivity index (χ1v) is 7.63. The van der Waals surface area contributed by atoms with Gasteiger partial charge >= 0.3 is 5.97 Å². The number of halogens is 1. The number of benzene rings is 2. The highest BCUT2D eigenvalue weighted by Gasteiger charge is 2.08. The van der Waals surface area contributed by atoms with Crippen molar-refractivity contribution in [2.24, 2.45) is 0 Å². The van der Waals surface area contributed by atoms with Gasteiger partial charge < -0.3 is 4.74 Å². The zero-order valence-electron chi connectivity index (χ0n) is 12.3. The molecule has 0 bridgehead atoms. The number of non-ortho nitro benzene ring substituents is 1. The van der Waals surface area contributed by atoms with Crippen LogP contribution in [0.5, 0.6) is 0 Å². The molecule has 0 atom stereocenters. The Morgan fingerprint density at radius 2 is 1.71 bits per heavy atom. The molecule has 0 aliphatic carbocycles. The Morgan fingerprint density at radius 3 is 2.29 bits per heavy atom. The lowest BCUT2D eigenvalue weighted by Gasteiger charge is -2.02. The Kier molecular flexibility index (Phi) is 5.97. The molecular weight excluding hydrogens is 378 g/mol. The first-order valence-electron chi connectivity index (χ1n) is 6.84. The summed E-state index contributed by atoms with van der Waals surface area (Å²) in [4.78, 5) is 33.5. The number of hydrogen-bond donors (Lipinski definition) is 0. The SMILES string of the molecule is O=C(C=Cc1ccc([N+](=O)[O-])cc1)OCC(=O)c1ccc(Br)cc1. The largest absolute Gasteiger partial charge is 0.454 e. The number of esters is 1. The zero-order valence-corrected chi connectivity index (χ0v) is 13.9. The lowest BCUT2D eigenvalue weighted by molar-refractivity contribution is -0.384. The molecule has 2 rings (SSSR count). The molecule has 2 aromatic rings. The number of Topliss-reactive ketones (excluding diaryl/α,β-unsaturated/α-hetero) is 1.